The van der Waals surface area contributed by atoms with Crippen molar-refractivity contribution in [1.82, 2.24) is 4.98 Å². The van der Waals surface area contributed by atoms with E-state index in [4.69, 9.17) is 4.42 Å². The molecule has 5 heteroatoms. The molecule has 0 saturated carbocycles. The highest BCUT2D eigenvalue weighted by atomic mass is 19.1. The Labute approximate surface area is 168 Å². The predicted molar refractivity (Wildman–Crippen MR) is 111 cm³/mol. The number of aryl methyl sites for hydroxylation is 1. The van der Waals surface area contributed by atoms with Gasteiger partial charge in [0.05, 0.1) is 11.8 Å². The summed E-state index contributed by atoms with van der Waals surface area (Å²) in [5.41, 5.74) is 3.30. The van der Waals surface area contributed by atoms with Gasteiger partial charge in [0.1, 0.15) is 5.82 Å². The van der Waals surface area contributed by atoms with Crippen LogP contribution in [0.25, 0.3) is 22.5 Å². The van der Waals surface area contributed by atoms with Crippen LogP contribution in [0.3, 0.4) is 0 Å². The second kappa shape index (κ2) is 8.52. The van der Waals surface area contributed by atoms with Gasteiger partial charge in [0, 0.05) is 18.5 Å². The summed E-state index contributed by atoms with van der Waals surface area (Å²) in [6, 6.07) is 24.1. The molecule has 0 saturated heterocycles. The number of benzene rings is 3. The van der Waals surface area contributed by atoms with Crippen LogP contribution in [0.15, 0.2) is 89.5 Å². The zero-order valence-electron chi connectivity index (χ0n) is 15.6. The zero-order chi connectivity index (χ0) is 20.1. The molecule has 3 aromatic carbocycles. The lowest BCUT2D eigenvalue weighted by molar-refractivity contribution is -0.116. The molecule has 0 fully saturated rings. The SMILES string of the molecule is O=C(CCc1ncc(-c2ccccc2F)o1)Nc1ccc(-c2ccccc2)cc1. The molecule has 0 aliphatic rings. The minimum atomic E-state index is -0.369. The van der Waals surface area contributed by atoms with Gasteiger partial charge in [-0.25, -0.2) is 9.37 Å². The van der Waals surface area contributed by atoms with E-state index in [1.165, 1.54) is 12.3 Å². The zero-order valence-corrected chi connectivity index (χ0v) is 15.6. The lowest BCUT2D eigenvalue weighted by atomic mass is 10.1. The number of halogens is 1. The standard InChI is InChI=1S/C24H19FN2O2/c25-21-9-5-4-8-20(21)22-16-26-24(29-22)15-14-23(28)27-19-12-10-18(11-13-19)17-6-2-1-3-7-17/h1-13,16H,14-15H2,(H,27,28). The fraction of sp³-hybridized carbons (Fsp3) is 0.0833. The van der Waals surface area contributed by atoms with Crippen LogP contribution >= 0.6 is 0 Å². The molecule has 1 aromatic heterocycles. The summed E-state index contributed by atoms with van der Waals surface area (Å²) in [7, 11) is 0. The first-order valence-corrected chi connectivity index (χ1v) is 9.34. The van der Waals surface area contributed by atoms with Crippen LogP contribution in [0.1, 0.15) is 12.3 Å². The largest absolute Gasteiger partial charge is 0.441 e. The summed E-state index contributed by atoms with van der Waals surface area (Å²) in [4.78, 5) is 16.4. The Balaban J connectivity index is 1.33. The molecular weight excluding hydrogens is 367 g/mol. The third-order valence-corrected chi connectivity index (χ3v) is 4.53. The Bertz CT molecular complexity index is 1110. The van der Waals surface area contributed by atoms with Crippen molar-refractivity contribution < 1.29 is 13.6 Å². The minimum absolute atomic E-state index is 0.136. The van der Waals surface area contributed by atoms with E-state index in [2.05, 4.69) is 10.3 Å². The van der Waals surface area contributed by atoms with Crippen LogP contribution in [0, 0.1) is 5.82 Å². The van der Waals surface area contributed by atoms with E-state index in [0.717, 1.165) is 16.8 Å². The number of nitrogens with one attached hydrogen (secondary N) is 1. The first kappa shape index (κ1) is 18.6. The van der Waals surface area contributed by atoms with Crippen molar-refractivity contribution in [3.8, 4) is 22.5 Å². The molecule has 1 N–H and O–H groups in total. The van der Waals surface area contributed by atoms with Gasteiger partial charge in [-0.05, 0) is 35.4 Å². The molecular formula is C24H19FN2O2. The predicted octanol–water partition coefficient (Wildman–Crippen LogP) is 5.72. The second-order valence-corrected chi connectivity index (χ2v) is 6.59. The van der Waals surface area contributed by atoms with Crippen LogP contribution in [0.2, 0.25) is 0 Å². The molecule has 0 bridgehead atoms. The van der Waals surface area contributed by atoms with E-state index in [9.17, 15) is 9.18 Å². The third kappa shape index (κ3) is 4.58. The van der Waals surface area contributed by atoms with Gasteiger partial charge in [0.2, 0.25) is 5.91 Å². The van der Waals surface area contributed by atoms with Crippen molar-refractivity contribution in [3.05, 3.63) is 96.8 Å². The van der Waals surface area contributed by atoms with Crippen molar-refractivity contribution in [1.29, 1.82) is 0 Å². The highest BCUT2D eigenvalue weighted by Crippen LogP contribution is 2.24. The number of oxazole rings is 1. The average molecular weight is 386 g/mol. The minimum Gasteiger partial charge on any atom is -0.441 e. The number of carbonyl (C=O) groups is 1. The first-order valence-electron chi connectivity index (χ1n) is 9.34. The van der Waals surface area contributed by atoms with Crippen LogP contribution < -0.4 is 5.32 Å². The topological polar surface area (TPSA) is 55.1 Å². The Hall–Kier alpha value is -3.73. The summed E-state index contributed by atoms with van der Waals surface area (Å²) < 4.78 is 19.4. The number of carbonyl (C=O) groups excluding carboxylic acids is 1. The number of amides is 1. The quantitative estimate of drug-likeness (QED) is 0.461. The molecule has 0 aliphatic carbocycles. The van der Waals surface area contributed by atoms with Gasteiger partial charge in [0.25, 0.3) is 0 Å². The van der Waals surface area contributed by atoms with E-state index >= 15 is 0 Å². The highest BCUT2D eigenvalue weighted by molar-refractivity contribution is 5.91. The molecule has 4 rings (SSSR count). The van der Waals surface area contributed by atoms with Crippen LogP contribution in [-0.2, 0) is 11.2 Å². The van der Waals surface area contributed by atoms with Gasteiger partial charge in [0.15, 0.2) is 11.7 Å². The highest BCUT2D eigenvalue weighted by Gasteiger charge is 2.12. The Morgan fingerprint density at radius 1 is 0.897 bits per heavy atom. The van der Waals surface area contributed by atoms with Crippen LogP contribution in [-0.4, -0.2) is 10.9 Å². The lowest BCUT2D eigenvalue weighted by Crippen LogP contribution is -2.12. The summed E-state index contributed by atoms with van der Waals surface area (Å²) in [5, 5.41) is 2.87. The Kier molecular flexibility index (Phi) is 5.47. The number of rotatable bonds is 6. The molecule has 4 aromatic rings. The van der Waals surface area contributed by atoms with Crippen molar-refractivity contribution in [2.45, 2.75) is 12.8 Å². The maximum absolute atomic E-state index is 13.8. The molecule has 0 unspecified atom stereocenters. The van der Waals surface area contributed by atoms with E-state index in [0.29, 0.717) is 23.6 Å². The van der Waals surface area contributed by atoms with Gasteiger partial charge in [-0.3, -0.25) is 4.79 Å². The second-order valence-electron chi connectivity index (χ2n) is 6.59. The van der Waals surface area contributed by atoms with Crippen molar-refractivity contribution in [2.24, 2.45) is 0 Å². The molecule has 1 amide bonds. The van der Waals surface area contributed by atoms with Crippen molar-refractivity contribution >= 4 is 11.6 Å². The third-order valence-electron chi connectivity index (χ3n) is 4.53. The first-order chi connectivity index (χ1) is 14.2. The van der Waals surface area contributed by atoms with E-state index < -0.39 is 0 Å². The molecule has 1 heterocycles. The van der Waals surface area contributed by atoms with Gasteiger partial charge in [-0.2, -0.15) is 0 Å². The van der Waals surface area contributed by atoms with Crippen LogP contribution in [0.5, 0.6) is 0 Å². The van der Waals surface area contributed by atoms with Gasteiger partial charge >= 0.3 is 0 Å². The van der Waals surface area contributed by atoms with E-state index in [-0.39, 0.29) is 18.1 Å². The monoisotopic (exact) mass is 386 g/mol. The van der Waals surface area contributed by atoms with Crippen LogP contribution in [0.4, 0.5) is 10.1 Å². The van der Waals surface area contributed by atoms with Crippen molar-refractivity contribution in [3.63, 3.8) is 0 Å². The van der Waals surface area contributed by atoms with E-state index in [1.807, 2.05) is 54.6 Å². The van der Waals surface area contributed by atoms with E-state index in [1.54, 1.807) is 18.2 Å². The fourth-order valence-corrected chi connectivity index (χ4v) is 3.03. The molecule has 0 radical (unpaired) electrons. The molecule has 0 atom stereocenters. The number of aromatic nitrogens is 1. The number of nitrogens with zero attached hydrogens (tertiary/aromatic N) is 1. The normalized spacial score (nSPS) is 10.7. The maximum Gasteiger partial charge on any atom is 0.224 e. The summed E-state index contributed by atoms with van der Waals surface area (Å²) >= 11 is 0. The van der Waals surface area contributed by atoms with Gasteiger partial charge in [-0.15, -0.1) is 0 Å². The lowest BCUT2D eigenvalue weighted by Gasteiger charge is -2.06. The summed E-state index contributed by atoms with van der Waals surface area (Å²) in [6.07, 6.45) is 2.04. The molecule has 29 heavy (non-hydrogen) atoms. The fourth-order valence-electron chi connectivity index (χ4n) is 3.03. The maximum atomic E-state index is 13.8. The number of hydrogen-bond acceptors (Lipinski definition) is 3. The average Bonchev–Trinajstić information content (AvgIpc) is 3.23. The number of hydrogen-bond donors (Lipinski definition) is 1. The molecule has 0 spiro atoms. The summed E-state index contributed by atoms with van der Waals surface area (Å²) in [5.74, 6) is 0.253. The Morgan fingerprint density at radius 3 is 2.34 bits per heavy atom. The Morgan fingerprint density at radius 2 is 1.59 bits per heavy atom. The number of anilines is 1. The van der Waals surface area contributed by atoms with Gasteiger partial charge in [-0.1, -0.05) is 54.6 Å². The smallest absolute Gasteiger partial charge is 0.224 e. The molecule has 144 valence electrons. The van der Waals surface area contributed by atoms with Gasteiger partial charge < -0.3 is 9.73 Å². The molecule has 4 nitrogen and oxygen atoms in total. The summed E-state index contributed by atoms with van der Waals surface area (Å²) in [6.45, 7) is 0. The van der Waals surface area contributed by atoms with Crippen molar-refractivity contribution in [2.75, 3.05) is 5.32 Å². The molecule has 0 aliphatic heterocycles.